The van der Waals surface area contributed by atoms with Crippen LogP contribution in [0.4, 0.5) is 14.6 Å². The zero-order chi connectivity index (χ0) is 23.4. The van der Waals surface area contributed by atoms with E-state index in [9.17, 15) is 18.8 Å². The van der Waals surface area contributed by atoms with Gasteiger partial charge in [0, 0.05) is 24.7 Å². The molecule has 0 spiro atoms. The Hall–Kier alpha value is -3.66. The number of nitrogens with zero attached hydrogens (tertiary/aromatic N) is 4. The Kier molecular flexibility index (Phi) is 6.74. The third-order valence-corrected chi connectivity index (χ3v) is 5.67. The summed E-state index contributed by atoms with van der Waals surface area (Å²) in [6.45, 7) is 3.33. The lowest BCUT2D eigenvalue weighted by molar-refractivity contribution is -0.605. The number of carbonyl (C=O) groups excluding carboxylic acids is 1. The number of rotatable bonds is 6. The average molecular weight is 455 g/mol. The van der Waals surface area contributed by atoms with Crippen molar-refractivity contribution in [3.63, 3.8) is 0 Å². The number of ether oxygens (including phenoxy) is 1. The van der Waals surface area contributed by atoms with E-state index in [1.807, 2.05) is 19.1 Å². The highest BCUT2D eigenvalue weighted by molar-refractivity contribution is 5.93. The maximum absolute atomic E-state index is 13.7. The smallest absolute Gasteiger partial charge is 0.242 e. The Bertz CT molecular complexity index is 1110. The number of hydrogen-bond donors (Lipinski definition) is 1. The summed E-state index contributed by atoms with van der Waals surface area (Å²) in [5.41, 5.74) is 1.08. The molecule has 33 heavy (non-hydrogen) atoms. The second kappa shape index (κ2) is 9.86. The second-order valence-corrected chi connectivity index (χ2v) is 7.91. The van der Waals surface area contributed by atoms with Gasteiger partial charge in [-0.15, -0.1) is 0 Å². The van der Waals surface area contributed by atoms with Crippen LogP contribution in [0, 0.1) is 16.8 Å². The van der Waals surface area contributed by atoms with Crippen molar-refractivity contribution >= 4 is 11.7 Å². The molecule has 0 saturated carbocycles. The molecule has 1 aromatic carbocycles. The van der Waals surface area contributed by atoms with Crippen LogP contribution in [-0.4, -0.2) is 39.9 Å². The van der Waals surface area contributed by atoms with Gasteiger partial charge in [-0.25, -0.2) is 18.7 Å². The van der Waals surface area contributed by atoms with E-state index < -0.39 is 17.7 Å². The molecule has 1 saturated heterocycles. The van der Waals surface area contributed by atoms with Gasteiger partial charge < -0.3 is 15.3 Å². The van der Waals surface area contributed by atoms with Crippen molar-refractivity contribution in [1.29, 1.82) is 0 Å². The first-order valence-corrected chi connectivity index (χ1v) is 10.6. The Morgan fingerprint density at radius 2 is 2.03 bits per heavy atom. The first-order valence-electron chi connectivity index (χ1n) is 10.6. The molecule has 172 valence electrons. The minimum atomic E-state index is -0.856. The zero-order valence-electron chi connectivity index (χ0n) is 17.9. The fourth-order valence-electron chi connectivity index (χ4n) is 3.83. The lowest BCUT2D eigenvalue weighted by Gasteiger charge is -2.36. The first-order chi connectivity index (χ1) is 15.9. The molecule has 4 rings (SSSR count). The summed E-state index contributed by atoms with van der Waals surface area (Å²) in [5.74, 6) is -1.49. The van der Waals surface area contributed by atoms with Crippen LogP contribution < -0.4 is 14.8 Å². The number of likely N-dealkylation sites (tertiary alicyclic amines) is 1. The Balaban J connectivity index is 1.34. The summed E-state index contributed by atoms with van der Waals surface area (Å²) in [5, 5.41) is 14.0. The summed E-state index contributed by atoms with van der Waals surface area (Å²) >= 11 is 0. The largest absolute Gasteiger partial charge is 0.619 e. The van der Waals surface area contributed by atoms with Crippen molar-refractivity contribution in [1.82, 2.24) is 14.9 Å². The van der Waals surface area contributed by atoms with Gasteiger partial charge in [-0.3, -0.25) is 9.69 Å². The molecule has 1 unspecified atom stereocenters. The molecule has 0 aliphatic carbocycles. The van der Waals surface area contributed by atoms with Crippen molar-refractivity contribution in [2.75, 3.05) is 18.4 Å². The van der Waals surface area contributed by atoms with Crippen molar-refractivity contribution in [2.24, 2.45) is 0 Å². The van der Waals surface area contributed by atoms with Gasteiger partial charge in [0.05, 0.1) is 18.4 Å². The van der Waals surface area contributed by atoms with E-state index in [0.717, 1.165) is 41.8 Å². The van der Waals surface area contributed by atoms with Gasteiger partial charge in [-0.2, -0.15) is 4.73 Å². The predicted octanol–water partition coefficient (Wildman–Crippen LogP) is 3.39. The molecular formula is C23H23F2N5O3. The summed E-state index contributed by atoms with van der Waals surface area (Å²) in [6.07, 6.45) is 7.47. The molecular weight excluding hydrogens is 432 g/mol. The summed E-state index contributed by atoms with van der Waals surface area (Å²) in [4.78, 5) is 23.0. The maximum Gasteiger partial charge on any atom is 0.242 e. The van der Waals surface area contributed by atoms with E-state index in [-0.39, 0.29) is 29.3 Å². The van der Waals surface area contributed by atoms with Crippen LogP contribution in [0.15, 0.2) is 55.1 Å². The number of amides is 1. The van der Waals surface area contributed by atoms with Gasteiger partial charge in [0.2, 0.25) is 11.8 Å². The number of anilines is 1. The molecule has 2 aromatic heterocycles. The molecule has 1 N–H and O–H groups in total. The molecule has 1 fully saturated rings. The van der Waals surface area contributed by atoms with Crippen LogP contribution in [0.5, 0.6) is 11.6 Å². The fraction of sp³-hybridized carbons (Fsp3) is 0.304. The van der Waals surface area contributed by atoms with Gasteiger partial charge in [0.15, 0.2) is 29.8 Å². The fourth-order valence-corrected chi connectivity index (χ4v) is 3.83. The highest BCUT2D eigenvalue weighted by Crippen LogP contribution is 2.28. The Morgan fingerprint density at radius 3 is 2.73 bits per heavy atom. The van der Waals surface area contributed by atoms with Crippen LogP contribution in [0.1, 0.15) is 31.2 Å². The van der Waals surface area contributed by atoms with Gasteiger partial charge >= 0.3 is 0 Å². The minimum absolute atomic E-state index is 0.00712. The summed E-state index contributed by atoms with van der Waals surface area (Å²) in [6, 6.07) is 6.19. The molecule has 0 bridgehead atoms. The average Bonchev–Trinajstić information content (AvgIpc) is 2.82. The number of nitrogens with one attached hydrogen (secondary N) is 1. The van der Waals surface area contributed by atoms with Crippen LogP contribution in [-0.2, 0) is 4.79 Å². The van der Waals surface area contributed by atoms with E-state index in [1.54, 1.807) is 0 Å². The van der Waals surface area contributed by atoms with E-state index in [4.69, 9.17) is 4.74 Å². The predicted molar refractivity (Wildman–Crippen MR) is 116 cm³/mol. The Morgan fingerprint density at radius 1 is 1.24 bits per heavy atom. The Labute approximate surface area is 189 Å². The normalized spacial score (nSPS) is 17.4. The number of carbonyl (C=O) groups is 1. The van der Waals surface area contributed by atoms with Crippen LogP contribution >= 0.6 is 0 Å². The number of aromatic nitrogens is 3. The molecule has 2 atom stereocenters. The number of pyridine rings is 1. The maximum atomic E-state index is 13.7. The molecule has 8 nitrogen and oxygen atoms in total. The molecule has 1 aliphatic heterocycles. The van der Waals surface area contributed by atoms with Crippen molar-refractivity contribution in [3.05, 3.63) is 77.5 Å². The van der Waals surface area contributed by atoms with Crippen LogP contribution in [0.2, 0.25) is 0 Å². The lowest BCUT2D eigenvalue weighted by Crippen LogP contribution is -2.46. The van der Waals surface area contributed by atoms with E-state index in [2.05, 4.69) is 20.2 Å². The van der Waals surface area contributed by atoms with Gasteiger partial charge in [-0.05, 0) is 49.9 Å². The molecule has 1 aliphatic rings. The zero-order valence-corrected chi connectivity index (χ0v) is 17.9. The van der Waals surface area contributed by atoms with Crippen LogP contribution in [0.25, 0.3) is 0 Å². The lowest BCUT2D eigenvalue weighted by atomic mass is 9.90. The monoisotopic (exact) mass is 455 g/mol. The molecule has 1 amide bonds. The second-order valence-electron chi connectivity index (χ2n) is 7.91. The number of piperidine rings is 1. The molecule has 3 heterocycles. The topological polar surface area (TPSA) is 94.3 Å². The van der Waals surface area contributed by atoms with Gasteiger partial charge in [0.1, 0.15) is 5.82 Å². The summed E-state index contributed by atoms with van der Waals surface area (Å²) in [7, 11) is 0. The highest BCUT2D eigenvalue weighted by atomic mass is 19.1. The summed E-state index contributed by atoms with van der Waals surface area (Å²) < 4.78 is 32.7. The van der Waals surface area contributed by atoms with Crippen molar-refractivity contribution in [3.8, 4) is 11.6 Å². The van der Waals surface area contributed by atoms with E-state index >= 15 is 0 Å². The number of hydrogen-bond acceptors (Lipinski definition) is 6. The molecule has 10 heteroatoms. The van der Waals surface area contributed by atoms with Gasteiger partial charge in [-0.1, -0.05) is 0 Å². The third kappa shape index (κ3) is 5.58. The third-order valence-electron chi connectivity index (χ3n) is 5.67. The highest BCUT2D eigenvalue weighted by Gasteiger charge is 2.28. The van der Waals surface area contributed by atoms with Crippen LogP contribution in [0.3, 0.4) is 0 Å². The van der Waals surface area contributed by atoms with Crippen molar-refractivity contribution < 1.29 is 23.0 Å². The first kappa shape index (κ1) is 22.5. The quantitative estimate of drug-likeness (QED) is 0.452. The minimum Gasteiger partial charge on any atom is -0.619 e. The standard InChI is InChI=1S/C23H23F2N5O3/c1-15(29-8-2-3-17(14-29)16-6-9-30(32)10-7-16)23(31)28-21-12-27-22(13-26-21)33-20-5-4-18(24)11-19(20)25/h4-7,9-13,15,17H,2-3,8,14H2,1H3,(H,26,28,31)/t15?,17-/m1/s1. The SMILES string of the molecule is CC(C(=O)Nc1cnc(Oc2ccc(F)cc2F)cn1)N1CCC[C@@H](c2cc[n+]([O-])cc2)C1. The van der Waals surface area contributed by atoms with E-state index in [1.165, 1.54) is 24.8 Å². The van der Waals surface area contributed by atoms with Crippen molar-refractivity contribution in [2.45, 2.75) is 31.7 Å². The van der Waals surface area contributed by atoms with E-state index in [0.29, 0.717) is 12.6 Å². The molecule has 3 aromatic rings. The number of benzene rings is 1. The molecule has 0 radical (unpaired) electrons. The van der Waals surface area contributed by atoms with Gasteiger partial charge in [0.25, 0.3) is 0 Å². The number of halogens is 2.